The molecule has 1 aromatic heterocycles. The Balaban J connectivity index is 1.63. The van der Waals surface area contributed by atoms with Crippen LogP contribution in [0.2, 0.25) is 0 Å². The maximum absolute atomic E-state index is 12.7. The van der Waals surface area contributed by atoms with Crippen LogP contribution in [0, 0.1) is 5.92 Å². The molecule has 0 saturated carbocycles. The Morgan fingerprint density at radius 3 is 2.81 bits per heavy atom. The second-order valence-corrected chi connectivity index (χ2v) is 7.34. The van der Waals surface area contributed by atoms with Crippen molar-refractivity contribution >= 4 is 34.1 Å². The molecule has 2 atom stereocenters. The third-order valence-corrected chi connectivity index (χ3v) is 5.83. The van der Waals surface area contributed by atoms with Gasteiger partial charge in [-0.1, -0.05) is 0 Å². The van der Waals surface area contributed by atoms with Crippen LogP contribution in [0.1, 0.15) is 29.6 Å². The SMILES string of the molecule is COC(=O)c1ccsc1N1CCC(NC(=O)C(N)C2CCOCC2)C1=O. The molecule has 2 aliphatic rings. The lowest BCUT2D eigenvalue weighted by molar-refractivity contribution is -0.128. The lowest BCUT2D eigenvalue weighted by Gasteiger charge is -2.27. The van der Waals surface area contributed by atoms with Crippen molar-refractivity contribution in [3.63, 3.8) is 0 Å². The summed E-state index contributed by atoms with van der Waals surface area (Å²) in [6.45, 7) is 1.65. The van der Waals surface area contributed by atoms with Gasteiger partial charge >= 0.3 is 5.97 Å². The molecule has 2 aliphatic heterocycles. The summed E-state index contributed by atoms with van der Waals surface area (Å²) in [6.07, 6.45) is 1.97. The number of anilines is 1. The van der Waals surface area contributed by atoms with E-state index in [-0.39, 0.29) is 17.7 Å². The number of esters is 1. The first kappa shape index (κ1) is 18.8. The van der Waals surface area contributed by atoms with E-state index in [0.717, 1.165) is 12.8 Å². The smallest absolute Gasteiger partial charge is 0.340 e. The molecule has 3 heterocycles. The van der Waals surface area contributed by atoms with Crippen molar-refractivity contribution in [2.45, 2.75) is 31.3 Å². The maximum atomic E-state index is 12.7. The number of nitrogens with zero attached hydrogens (tertiary/aromatic N) is 1. The number of rotatable bonds is 5. The van der Waals surface area contributed by atoms with Gasteiger partial charge in [-0.3, -0.25) is 9.59 Å². The van der Waals surface area contributed by atoms with E-state index >= 15 is 0 Å². The summed E-state index contributed by atoms with van der Waals surface area (Å²) in [5.41, 5.74) is 6.43. The number of carbonyl (C=O) groups excluding carboxylic acids is 3. The van der Waals surface area contributed by atoms with E-state index in [4.69, 9.17) is 15.2 Å². The van der Waals surface area contributed by atoms with Gasteiger partial charge in [0.1, 0.15) is 11.0 Å². The minimum atomic E-state index is -0.645. The van der Waals surface area contributed by atoms with Gasteiger partial charge in [-0.15, -0.1) is 11.3 Å². The van der Waals surface area contributed by atoms with Crippen LogP contribution in [0.3, 0.4) is 0 Å². The maximum Gasteiger partial charge on any atom is 0.340 e. The third-order valence-electron chi connectivity index (χ3n) is 4.89. The topological polar surface area (TPSA) is 111 Å². The van der Waals surface area contributed by atoms with Gasteiger partial charge in [0.05, 0.1) is 18.7 Å². The molecule has 9 heteroatoms. The molecular weight excluding hydrogens is 358 g/mol. The monoisotopic (exact) mass is 381 g/mol. The highest BCUT2D eigenvalue weighted by atomic mass is 32.1. The van der Waals surface area contributed by atoms with Crippen molar-refractivity contribution in [2.24, 2.45) is 11.7 Å². The van der Waals surface area contributed by atoms with E-state index < -0.39 is 18.1 Å². The van der Waals surface area contributed by atoms with Gasteiger partial charge in [-0.05, 0) is 36.6 Å². The molecule has 0 aromatic carbocycles. The Kier molecular flexibility index (Phi) is 5.90. The average Bonchev–Trinajstić information content (AvgIpc) is 3.28. The Morgan fingerprint density at radius 1 is 1.38 bits per heavy atom. The van der Waals surface area contributed by atoms with E-state index in [0.29, 0.717) is 36.7 Å². The summed E-state index contributed by atoms with van der Waals surface area (Å²) in [4.78, 5) is 38.5. The molecule has 142 valence electrons. The molecule has 0 spiro atoms. The minimum Gasteiger partial charge on any atom is -0.465 e. The molecular formula is C17H23N3O5S. The summed E-state index contributed by atoms with van der Waals surface area (Å²) in [5, 5.41) is 5.06. The molecule has 1 aromatic rings. The molecule has 2 unspecified atom stereocenters. The second kappa shape index (κ2) is 8.15. The molecule has 26 heavy (non-hydrogen) atoms. The highest BCUT2D eigenvalue weighted by molar-refractivity contribution is 7.14. The number of nitrogens with one attached hydrogen (secondary N) is 1. The Morgan fingerprint density at radius 2 is 2.12 bits per heavy atom. The van der Waals surface area contributed by atoms with Gasteiger partial charge in [-0.25, -0.2) is 4.79 Å². The van der Waals surface area contributed by atoms with Gasteiger partial charge in [0.25, 0.3) is 0 Å². The van der Waals surface area contributed by atoms with E-state index in [9.17, 15) is 14.4 Å². The van der Waals surface area contributed by atoms with Crippen LogP contribution in [0.15, 0.2) is 11.4 Å². The fourth-order valence-corrected chi connectivity index (χ4v) is 4.27. The van der Waals surface area contributed by atoms with Crippen LogP contribution >= 0.6 is 11.3 Å². The van der Waals surface area contributed by atoms with Gasteiger partial charge in [0.2, 0.25) is 11.8 Å². The number of hydrogen-bond acceptors (Lipinski definition) is 7. The lowest BCUT2D eigenvalue weighted by atomic mass is 9.91. The van der Waals surface area contributed by atoms with Crippen LogP contribution in [-0.4, -0.2) is 56.7 Å². The van der Waals surface area contributed by atoms with Gasteiger partial charge in [-0.2, -0.15) is 0 Å². The molecule has 3 rings (SSSR count). The van der Waals surface area contributed by atoms with Crippen molar-refractivity contribution in [1.29, 1.82) is 0 Å². The van der Waals surface area contributed by atoms with Gasteiger partial charge in [0, 0.05) is 19.8 Å². The predicted octanol–water partition coefficient (Wildman–Crippen LogP) is 0.510. The van der Waals surface area contributed by atoms with E-state index in [2.05, 4.69) is 5.32 Å². The first-order valence-electron chi connectivity index (χ1n) is 8.63. The largest absolute Gasteiger partial charge is 0.465 e. The third kappa shape index (κ3) is 3.74. The predicted molar refractivity (Wildman–Crippen MR) is 96.1 cm³/mol. The van der Waals surface area contributed by atoms with Crippen molar-refractivity contribution in [3.05, 3.63) is 17.0 Å². The molecule has 0 bridgehead atoms. The van der Waals surface area contributed by atoms with Crippen LogP contribution in [0.25, 0.3) is 0 Å². The van der Waals surface area contributed by atoms with Gasteiger partial charge < -0.3 is 25.4 Å². The molecule has 0 radical (unpaired) electrons. The number of hydrogen-bond donors (Lipinski definition) is 2. The zero-order chi connectivity index (χ0) is 18.7. The number of ether oxygens (including phenoxy) is 2. The van der Waals surface area contributed by atoms with Crippen molar-refractivity contribution in [2.75, 3.05) is 31.8 Å². The fourth-order valence-electron chi connectivity index (χ4n) is 3.35. The van der Waals surface area contributed by atoms with Crippen LogP contribution < -0.4 is 16.0 Å². The average molecular weight is 381 g/mol. The number of carbonyl (C=O) groups is 3. The lowest BCUT2D eigenvalue weighted by Crippen LogP contribution is -2.51. The molecule has 0 aliphatic carbocycles. The van der Waals surface area contributed by atoms with Gasteiger partial charge in [0.15, 0.2) is 0 Å². The van der Waals surface area contributed by atoms with Crippen LogP contribution in [0.5, 0.6) is 0 Å². The summed E-state index contributed by atoms with van der Waals surface area (Å²) >= 11 is 1.30. The first-order chi connectivity index (χ1) is 12.5. The number of amides is 2. The summed E-state index contributed by atoms with van der Waals surface area (Å²) < 4.78 is 10.0. The zero-order valence-corrected chi connectivity index (χ0v) is 15.4. The molecule has 8 nitrogen and oxygen atoms in total. The molecule has 2 fully saturated rings. The van der Waals surface area contributed by atoms with E-state index in [1.165, 1.54) is 23.3 Å². The fraction of sp³-hybridized carbons (Fsp3) is 0.588. The number of methoxy groups -OCH3 is 1. The molecule has 3 N–H and O–H groups in total. The molecule has 2 saturated heterocycles. The van der Waals surface area contributed by atoms with Crippen molar-refractivity contribution in [3.8, 4) is 0 Å². The Hall–Kier alpha value is -1.97. The standard InChI is InChI=1S/C17H23N3O5S/c1-24-17(23)11-5-9-26-16(11)20-6-2-12(15(20)22)19-14(21)13(18)10-3-7-25-8-4-10/h5,9-10,12-13H,2-4,6-8,18H2,1H3,(H,19,21). The van der Waals surface area contributed by atoms with Crippen LogP contribution in [-0.2, 0) is 19.1 Å². The number of thiophene rings is 1. The summed E-state index contributed by atoms with van der Waals surface area (Å²) in [6, 6.07) is 0.362. The second-order valence-electron chi connectivity index (χ2n) is 6.45. The normalized spacial score (nSPS) is 22.3. The Bertz CT molecular complexity index is 686. The first-order valence-corrected chi connectivity index (χ1v) is 9.51. The highest BCUT2D eigenvalue weighted by Crippen LogP contribution is 2.32. The minimum absolute atomic E-state index is 0.0691. The van der Waals surface area contributed by atoms with Crippen molar-refractivity contribution < 1.29 is 23.9 Å². The summed E-state index contributed by atoms with van der Waals surface area (Å²) in [5.74, 6) is -0.954. The van der Waals surface area contributed by atoms with E-state index in [1.807, 2.05) is 0 Å². The zero-order valence-electron chi connectivity index (χ0n) is 14.6. The number of nitrogens with two attached hydrogens (primary N) is 1. The Labute approximate surface area is 155 Å². The van der Waals surface area contributed by atoms with E-state index in [1.54, 1.807) is 11.4 Å². The quantitative estimate of drug-likeness (QED) is 0.719. The van der Waals surface area contributed by atoms with Crippen molar-refractivity contribution in [1.82, 2.24) is 5.32 Å². The summed E-state index contributed by atoms with van der Waals surface area (Å²) in [7, 11) is 1.30. The highest BCUT2D eigenvalue weighted by Gasteiger charge is 2.37. The molecule has 2 amide bonds. The van der Waals surface area contributed by atoms with Crippen LogP contribution in [0.4, 0.5) is 5.00 Å².